The lowest BCUT2D eigenvalue weighted by molar-refractivity contribution is -0.127. The van der Waals surface area contributed by atoms with Crippen molar-refractivity contribution >= 4 is 40.8 Å². The van der Waals surface area contributed by atoms with Crippen molar-refractivity contribution in [1.82, 2.24) is 10.3 Å². The fourth-order valence-corrected chi connectivity index (χ4v) is 5.23. The van der Waals surface area contributed by atoms with Crippen molar-refractivity contribution in [2.45, 2.75) is 70.4 Å². The van der Waals surface area contributed by atoms with E-state index < -0.39 is 6.04 Å². The van der Waals surface area contributed by atoms with Crippen molar-refractivity contribution in [3.63, 3.8) is 0 Å². The van der Waals surface area contributed by atoms with E-state index in [-0.39, 0.29) is 36.6 Å². The predicted molar refractivity (Wildman–Crippen MR) is 161 cm³/mol. The number of anilines is 2. The van der Waals surface area contributed by atoms with Crippen LogP contribution in [0.4, 0.5) is 11.5 Å². The first kappa shape index (κ1) is 30.1. The second kappa shape index (κ2) is 15.2. The number of hydrogen-bond donors (Lipinski definition) is 2. The molecule has 1 saturated carbocycles. The topological polar surface area (TPSA) is 101 Å². The van der Waals surface area contributed by atoms with Gasteiger partial charge in [0.25, 0.3) is 0 Å². The first-order valence-corrected chi connectivity index (χ1v) is 14.6. The summed E-state index contributed by atoms with van der Waals surface area (Å²) < 4.78 is 5.89. The highest BCUT2D eigenvalue weighted by Gasteiger charge is 2.35. The number of para-hydroxylation sites is 2. The SMILES string of the molecule is CCOc1ccccc1N(C(=O)CCCC(=O)Nc1ccccn1)[C@@H](C(=O)NC1CCCCC1)c1ccc(Cl)cc1. The van der Waals surface area contributed by atoms with Crippen molar-refractivity contribution in [2.24, 2.45) is 0 Å². The van der Waals surface area contributed by atoms with E-state index in [1.54, 1.807) is 60.8 Å². The summed E-state index contributed by atoms with van der Waals surface area (Å²) in [5.74, 6) is 0.175. The van der Waals surface area contributed by atoms with Crippen molar-refractivity contribution in [2.75, 3.05) is 16.8 Å². The Morgan fingerprint density at radius 3 is 2.41 bits per heavy atom. The molecule has 1 aromatic heterocycles. The first-order valence-electron chi connectivity index (χ1n) is 14.3. The van der Waals surface area contributed by atoms with Crippen LogP contribution in [0.15, 0.2) is 72.9 Å². The summed E-state index contributed by atoms with van der Waals surface area (Å²) in [5, 5.41) is 6.49. The molecule has 216 valence electrons. The van der Waals surface area contributed by atoms with Gasteiger partial charge in [0, 0.05) is 30.1 Å². The Morgan fingerprint density at radius 1 is 0.976 bits per heavy atom. The number of aromatic nitrogens is 1. The van der Waals surface area contributed by atoms with E-state index in [2.05, 4.69) is 15.6 Å². The molecule has 41 heavy (non-hydrogen) atoms. The standard InChI is InChI=1S/C32H37ClN4O4/c1-2-41-27-14-7-6-13-26(27)37(30(39)17-10-16-29(38)36-28-15-8-9-22-34-28)31(23-18-20-24(33)21-19-23)32(40)35-25-11-4-3-5-12-25/h6-9,13-15,18-22,25,31H,2-5,10-12,16-17H2,1H3,(H,35,40)(H,34,36,38)/t31-/m1/s1. The second-order valence-corrected chi connectivity index (χ2v) is 10.5. The fraction of sp³-hybridized carbons (Fsp3) is 0.375. The Balaban J connectivity index is 1.62. The summed E-state index contributed by atoms with van der Waals surface area (Å²) in [6, 6.07) is 18.6. The summed E-state index contributed by atoms with van der Waals surface area (Å²) in [4.78, 5) is 46.2. The number of amides is 3. The van der Waals surface area contributed by atoms with Crippen LogP contribution in [0.5, 0.6) is 5.75 Å². The minimum Gasteiger partial charge on any atom is -0.492 e. The second-order valence-electron chi connectivity index (χ2n) is 10.1. The van der Waals surface area contributed by atoms with E-state index in [1.807, 2.05) is 19.1 Å². The molecule has 0 bridgehead atoms. The van der Waals surface area contributed by atoms with Gasteiger partial charge in [-0.2, -0.15) is 0 Å². The zero-order valence-electron chi connectivity index (χ0n) is 23.4. The van der Waals surface area contributed by atoms with Crippen molar-refractivity contribution in [1.29, 1.82) is 0 Å². The highest BCUT2D eigenvalue weighted by atomic mass is 35.5. The molecule has 2 N–H and O–H groups in total. The summed E-state index contributed by atoms with van der Waals surface area (Å²) in [6.45, 7) is 2.27. The average Bonchev–Trinajstić information content (AvgIpc) is 2.98. The number of carbonyl (C=O) groups excluding carboxylic acids is 3. The lowest BCUT2D eigenvalue weighted by atomic mass is 9.94. The minimum atomic E-state index is -0.953. The molecular formula is C32H37ClN4O4. The number of hydrogen-bond acceptors (Lipinski definition) is 5. The number of rotatable bonds is 12. The van der Waals surface area contributed by atoms with E-state index in [0.29, 0.717) is 40.9 Å². The van der Waals surface area contributed by atoms with E-state index in [1.165, 1.54) is 4.90 Å². The number of nitrogens with one attached hydrogen (secondary N) is 2. The molecule has 0 unspecified atom stereocenters. The maximum absolute atomic E-state index is 14.0. The van der Waals surface area contributed by atoms with Gasteiger partial charge in [0.2, 0.25) is 17.7 Å². The molecule has 1 heterocycles. The molecule has 1 aliphatic carbocycles. The normalized spacial score (nSPS) is 14.1. The maximum Gasteiger partial charge on any atom is 0.248 e. The van der Waals surface area contributed by atoms with Gasteiger partial charge in [-0.1, -0.05) is 61.2 Å². The number of ether oxygens (including phenoxy) is 1. The number of benzene rings is 2. The predicted octanol–water partition coefficient (Wildman–Crippen LogP) is 6.47. The van der Waals surface area contributed by atoms with Crippen LogP contribution in [0, 0.1) is 0 Å². The molecule has 1 fully saturated rings. The molecule has 3 amide bonds. The van der Waals surface area contributed by atoms with E-state index >= 15 is 0 Å². The van der Waals surface area contributed by atoms with Crippen LogP contribution in [0.3, 0.4) is 0 Å². The quantitative estimate of drug-likeness (QED) is 0.257. The molecule has 1 atom stereocenters. The largest absolute Gasteiger partial charge is 0.492 e. The smallest absolute Gasteiger partial charge is 0.248 e. The van der Waals surface area contributed by atoms with Gasteiger partial charge < -0.3 is 15.4 Å². The van der Waals surface area contributed by atoms with Crippen LogP contribution in [-0.4, -0.2) is 35.4 Å². The first-order chi connectivity index (χ1) is 20.0. The lowest BCUT2D eigenvalue weighted by Crippen LogP contribution is -2.47. The maximum atomic E-state index is 14.0. The summed E-state index contributed by atoms with van der Waals surface area (Å²) >= 11 is 6.19. The summed E-state index contributed by atoms with van der Waals surface area (Å²) in [6.07, 6.45) is 7.18. The van der Waals surface area contributed by atoms with Gasteiger partial charge >= 0.3 is 0 Å². The monoisotopic (exact) mass is 576 g/mol. The molecule has 0 spiro atoms. The Morgan fingerprint density at radius 2 is 1.71 bits per heavy atom. The van der Waals surface area contributed by atoms with Crippen molar-refractivity contribution in [3.8, 4) is 5.75 Å². The number of nitrogens with zero attached hydrogens (tertiary/aromatic N) is 2. The Labute approximate surface area is 246 Å². The molecule has 8 nitrogen and oxygen atoms in total. The van der Waals surface area contributed by atoms with Crippen molar-refractivity contribution in [3.05, 3.63) is 83.5 Å². The van der Waals surface area contributed by atoms with Crippen molar-refractivity contribution < 1.29 is 19.1 Å². The molecule has 3 aromatic rings. The number of pyridine rings is 1. The van der Waals surface area contributed by atoms with E-state index in [0.717, 1.165) is 32.1 Å². The van der Waals surface area contributed by atoms with Gasteiger partial charge in [0.1, 0.15) is 17.6 Å². The molecule has 9 heteroatoms. The summed E-state index contributed by atoms with van der Waals surface area (Å²) in [7, 11) is 0. The van der Waals surface area contributed by atoms with Gasteiger partial charge in [-0.15, -0.1) is 0 Å². The summed E-state index contributed by atoms with van der Waals surface area (Å²) in [5.41, 5.74) is 1.13. The van der Waals surface area contributed by atoms with E-state index in [4.69, 9.17) is 16.3 Å². The fourth-order valence-electron chi connectivity index (χ4n) is 5.10. The van der Waals surface area contributed by atoms with Gasteiger partial charge in [-0.3, -0.25) is 19.3 Å². The molecule has 4 rings (SSSR count). The zero-order valence-corrected chi connectivity index (χ0v) is 24.1. The van der Waals surface area contributed by atoms with Crippen LogP contribution in [0.25, 0.3) is 0 Å². The third kappa shape index (κ3) is 8.54. The highest BCUT2D eigenvalue weighted by Crippen LogP contribution is 2.36. The molecule has 2 aromatic carbocycles. The Bertz CT molecular complexity index is 1300. The molecule has 0 aliphatic heterocycles. The molecule has 0 radical (unpaired) electrons. The van der Waals surface area contributed by atoms with Crippen LogP contribution >= 0.6 is 11.6 Å². The van der Waals surface area contributed by atoms with Gasteiger partial charge in [-0.25, -0.2) is 4.98 Å². The lowest BCUT2D eigenvalue weighted by Gasteiger charge is -2.34. The highest BCUT2D eigenvalue weighted by molar-refractivity contribution is 6.30. The average molecular weight is 577 g/mol. The van der Waals surface area contributed by atoms with Gasteiger partial charge in [0.15, 0.2) is 0 Å². The molecular weight excluding hydrogens is 540 g/mol. The van der Waals surface area contributed by atoms with Crippen LogP contribution in [0.2, 0.25) is 5.02 Å². The molecule has 1 aliphatic rings. The van der Waals surface area contributed by atoms with E-state index in [9.17, 15) is 14.4 Å². The van der Waals surface area contributed by atoms with Gasteiger partial charge in [0.05, 0.1) is 12.3 Å². The number of halogens is 1. The van der Waals surface area contributed by atoms with Gasteiger partial charge in [-0.05, 0) is 68.1 Å². The zero-order chi connectivity index (χ0) is 29.0. The third-order valence-corrected chi connectivity index (χ3v) is 7.32. The Kier molecular flexibility index (Phi) is 11.1. The molecule has 0 saturated heterocycles. The van der Waals surface area contributed by atoms with Crippen LogP contribution in [0.1, 0.15) is 69.9 Å². The van der Waals surface area contributed by atoms with Crippen LogP contribution < -0.4 is 20.3 Å². The van der Waals surface area contributed by atoms with Crippen LogP contribution in [-0.2, 0) is 14.4 Å². The Hall–Kier alpha value is -3.91. The third-order valence-electron chi connectivity index (χ3n) is 7.06. The minimum absolute atomic E-state index is 0.0525. The number of carbonyl (C=O) groups is 3.